The Hall–Kier alpha value is -1.62. The number of fused-ring (bicyclic) bond motifs is 1. The summed E-state index contributed by atoms with van der Waals surface area (Å²) < 4.78 is 7.24. The van der Waals surface area contributed by atoms with Gasteiger partial charge in [-0.25, -0.2) is 9.50 Å². The molecular formula is C13H20N4O. The van der Waals surface area contributed by atoms with Crippen LogP contribution in [0.5, 0.6) is 0 Å². The first kappa shape index (κ1) is 12.8. The molecular weight excluding hydrogens is 228 g/mol. The third-order valence-electron chi connectivity index (χ3n) is 2.90. The summed E-state index contributed by atoms with van der Waals surface area (Å²) in [5.41, 5.74) is 0.846. The lowest BCUT2D eigenvalue weighted by molar-refractivity contribution is 0.126. The van der Waals surface area contributed by atoms with E-state index in [1.807, 2.05) is 25.3 Å². The van der Waals surface area contributed by atoms with E-state index in [0.29, 0.717) is 12.5 Å². The standard InChI is InChI=1S/C13H20N4O/c1-4-18-9-11(10(2)3)15-12-6-8-17-13(16-12)5-7-14-17/h5-8,10-11H,4,9H2,1-3H3,(H,15,16). The highest BCUT2D eigenvalue weighted by atomic mass is 16.5. The Labute approximate surface area is 107 Å². The lowest BCUT2D eigenvalue weighted by atomic mass is 10.1. The Morgan fingerprint density at radius 3 is 2.94 bits per heavy atom. The molecule has 1 unspecified atom stereocenters. The van der Waals surface area contributed by atoms with Crippen molar-refractivity contribution in [2.75, 3.05) is 18.5 Å². The van der Waals surface area contributed by atoms with Crippen molar-refractivity contribution in [3.63, 3.8) is 0 Å². The van der Waals surface area contributed by atoms with Gasteiger partial charge in [0.15, 0.2) is 5.65 Å². The minimum Gasteiger partial charge on any atom is -0.380 e. The topological polar surface area (TPSA) is 51.5 Å². The Balaban J connectivity index is 2.09. The van der Waals surface area contributed by atoms with Crippen LogP contribution in [0, 0.1) is 5.92 Å². The fraction of sp³-hybridized carbons (Fsp3) is 0.538. The van der Waals surface area contributed by atoms with Crippen LogP contribution in [-0.2, 0) is 4.74 Å². The number of aromatic nitrogens is 3. The molecule has 1 N–H and O–H groups in total. The monoisotopic (exact) mass is 248 g/mol. The molecule has 5 nitrogen and oxygen atoms in total. The van der Waals surface area contributed by atoms with Crippen LogP contribution in [0.25, 0.3) is 5.65 Å². The fourth-order valence-electron chi connectivity index (χ4n) is 1.73. The first-order chi connectivity index (χ1) is 8.70. The predicted molar refractivity (Wildman–Crippen MR) is 71.7 cm³/mol. The molecule has 2 aromatic rings. The molecule has 0 radical (unpaired) electrons. The minimum atomic E-state index is 0.267. The van der Waals surface area contributed by atoms with E-state index in [9.17, 15) is 0 Å². The highest BCUT2D eigenvalue weighted by Crippen LogP contribution is 2.12. The molecule has 5 heteroatoms. The number of hydrogen-bond acceptors (Lipinski definition) is 4. The van der Waals surface area contributed by atoms with Crippen molar-refractivity contribution in [3.8, 4) is 0 Å². The lowest BCUT2D eigenvalue weighted by Crippen LogP contribution is -2.31. The number of nitrogens with one attached hydrogen (secondary N) is 1. The molecule has 18 heavy (non-hydrogen) atoms. The molecule has 0 bridgehead atoms. The van der Waals surface area contributed by atoms with E-state index < -0.39 is 0 Å². The van der Waals surface area contributed by atoms with E-state index in [2.05, 4.69) is 29.2 Å². The maximum Gasteiger partial charge on any atom is 0.157 e. The molecule has 0 saturated carbocycles. The van der Waals surface area contributed by atoms with Gasteiger partial charge in [-0.3, -0.25) is 0 Å². The van der Waals surface area contributed by atoms with Crippen molar-refractivity contribution < 1.29 is 4.74 Å². The van der Waals surface area contributed by atoms with Gasteiger partial charge in [0.1, 0.15) is 5.82 Å². The van der Waals surface area contributed by atoms with Crippen molar-refractivity contribution in [1.82, 2.24) is 14.6 Å². The van der Waals surface area contributed by atoms with E-state index in [0.717, 1.165) is 18.1 Å². The van der Waals surface area contributed by atoms with E-state index in [4.69, 9.17) is 4.74 Å². The highest BCUT2D eigenvalue weighted by molar-refractivity contribution is 5.45. The SMILES string of the molecule is CCOCC(Nc1ccn2nccc2n1)C(C)C. The van der Waals surface area contributed by atoms with Crippen molar-refractivity contribution in [3.05, 3.63) is 24.5 Å². The van der Waals surface area contributed by atoms with Crippen molar-refractivity contribution in [2.24, 2.45) is 5.92 Å². The van der Waals surface area contributed by atoms with Crippen molar-refractivity contribution in [1.29, 1.82) is 0 Å². The van der Waals surface area contributed by atoms with Crippen LogP contribution in [0.2, 0.25) is 0 Å². The number of rotatable bonds is 6. The number of anilines is 1. The first-order valence-corrected chi connectivity index (χ1v) is 6.35. The van der Waals surface area contributed by atoms with Gasteiger partial charge in [-0.15, -0.1) is 0 Å². The van der Waals surface area contributed by atoms with Gasteiger partial charge < -0.3 is 10.1 Å². The zero-order chi connectivity index (χ0) is 13.0. The molecule has 0 aliphatic carbocycles. The second-order valence-electron chi connectivity index (χ2n) is 4.60. The van der Waals surface area contributed by atoms with Crippen LogP contribution < -0.4 is 5.32 Å². The Bertz CT molecular complexity index is 494. The number of nitrogens with zero attached hydrogens (tertiary/aromatic N) is 3. The van der Waals surface area contributed by atoms with Gasteiger partial charge in [-0.05, 0) is 18.9 Å². The molecule has 2 aromatic heterocycles. The van der Waals surface area contributed by atoms with Gasteiger partial charge in [0, 0.05) is 18.9 Å². The fourth-order valence-corrected chi connectivity index (χ4v) is 1.73. The summed E-state index contributed by atoms with van der Waals surface area (Å²) in [5, 5.41) is 7.54. The van der Waals surface area contributed by atoms with Crippen LogP contribution in [0.4, 0.5) is 5.82 Å². The van der Waals surface area contributed by atoms with E-state index in [1.165, 1.54) is 0 Å². The normalized spacial score (nSPS) is 13.1. The van der Waals surface area contributed by atoms with Gasteiger partial charge in [-0.1, -0.05) is 13.8 Å². The predicted octanol–water partition coefficient (Wildman–Crippen LogP) is 2.20. The Morgan fingerprint density at radius 2 is 2.22 bits per heavy atom. The van der Waals surface area contributed by atoms with Crippen LogP contribution in [0.15, 0.2) is 24.5 Å². The van der Waals surface area contributed by atoms with Crippen LogP contribution >= 0.6 is 0 Å². The maximum absolute atomic E-state index is 5.49. The van der Waals surface area contributed by atoms with Gasteiger partial charge in [-0.2, -0.15) is 5.10 Å². The summed E-state index contributed by atoms with van der Waals surface area (Å²) in [6, 6.07) is 4.09. The second kappa shape index (κ2) is 5.82. The largest absolute Gasteiger partial charge is 0.380 e. The molecule has 2 heterocycles. The quantitative estimate of drug-likeness (QED) is 0.851. The van der Waals surface area contributed by atoms with Crippen LogP contribution in [0.1, 0.15) is 20.8 Å². The van der Waals surface area contributed by atoms with Gasteiger partial charge in [0.2, 0.25) is 0 Å². The third-order valence-corrected chi connectivity index (χ3v) is 2.90. The molecule has 0 aliphatic heterocycles. The molecule has 0 saturated heterocycles. The zero-order valence-electron chi connectivity index (χ0n) is 11.1. The van der Waals surface area contributed by atoms with E-state index in [-0.39, 0.29) is 6.04 Å². The molecule has 2 rings (SSSR count). The van der Waals surface area contributed by atoms with Crippen LogP contribution in [-0.4, -0.2) is 33.9 Å². The molecule has 0 spiro atoms. The molecule has 1 atom stereocenters. The highest BCUT2D eigenvalue weighted by Gasteiger charge is 2.14. The van der Waals surface area contributed by atoms with Crippen molar-refractivity contribution in [2.45, 2.75) is 26.8 Å². The summed E-state index contributed by atoms with van der Waals surface area (Å²) in [5.74, 6) is 1.35. The first-order valence-electron chi connectivity index (χ1n) is 6.35. The van der Waals surface area contributed by atoms with Gasteiger partial charge in [0.25, 0.3) is 0 Å². The Kier molecular flexibility index (Phi) is 4.15. The van der Waals surface area contributed by atoms with Gasteiger partial charge >= 0.3 is 0 Å². The molecule has 0 aromatic carbocycles. The molecule has 0 amide bonds. The van der Waals surface area contributed by atoms with Crippen LogP contribution in [0.3, 0.4) is 0 Å². The maximum atomic E-state index is 5.49. The summed E-state index contributed by atoms with van der Waals surface area (Å²) in [4.78, 5) is 4.50. The minimum absolute atomic E-state index is 0.267. The number of ether oxygens (including phenoxy) is 1. The van der Waals surface area contributed by atoms with Gasteiger partial charge in [0.05, 0.1) is 18.8 Å². The van der Waals surface area contributed by atoms with E-state index in [1.54, 1.807) is 10.7 Å². The Morgan fingerprint density at radius 1 is 1.39 bits per heavy atom. The summed E-state index contributed by atoms with van der Waals surface area (Å²) in [6.07, 6.45) is 3.65. The average Bonchev–Trinajstić information content (AvgIpc) is 2.81. The van der Waals surface area contributed by atoms with Crippen molar-refractivity contribution >= 4 is 11.5 Å². The number of hydrogen-bond donors (Lipinski definition) is 1. The summed E-state index contributed by atoms with van der Waals surface area (Å²) in [7, 11) is 0. The smallest absolute Gasteiger partial charge is 0.157 e. The molecule has 0 aliphatic rings. The summed E-state index contributed by atoms with van der Waals surface area (Å²) in [6.45, 7) is 7.79. The molecule has 0 fully saturated rings. The summed E-state index contributed by atoms with van der Waals surface area (Å²) >= 11 is 0. The second-order valence-corrected chi connectivity index (χ2v) is 4.60. The lowest BCUT2D eigenvalue weighted by Gasteiger charge is -2.22. The van der Waals surface area contributed by atoms with E-state index >= 15 is 0 Å². The third kappa shape index (κ3) is 2.98. The average molecular weight is 248 g/mol. The zero-order valence-corrected chi connectivity index (χ0v) is 11.1. The molecule has 98 valence electrons.